The quantitative estimate of drug-likeness (QED) is 0.256. The molecule has 0 spiro atoms. The van der Waals surface area contributed by atoms with Crippen LogP contribution in [0.15, 0.2) is 39.7 Å². The van der Waals surface area contributed by atoms with Gasteiger partial charge in [-0.3, -0.25) is 4.79 Å². The van der Waals surface area contributed by atoms with E-state index < -0.39 is 26.6 Å². The molecule has 38 heavy (non-hydrogen) atoms. The Balaban J connectivity index is 1.50. The number of unbranched alkanes of at least 4 members (excludes halogenated alkanes) is 1. The predicted octanol–water partition coefficient (Wildman–Crippen LogP) is 6.07. The van der Waals surface area contributed by atoms with Gasteiger partial charge in [-0.1, -0.05) is 32.9 Å². The molecule has 3 heterocycles. The number of aromatic nitrogens is 2. The Morgan fingerprint density at radius 1 is 1.05 bits per heavy atom. The molecule has 0 atom stereocenters. The van der Waals surface area contributed by atoms with Gasteiger partial charge >= 0.3 is 7.12 Å². The number of benzene rings is 1. The van der Waals surface area contributed by atoms with Crippen LogP contribution >= 0.6 is 0 Å². The van der Waals surface area contributed by atoms with E-state index >= 15 is 0 Å². The number of pyridine rings is 1. The summed E-state index contributed by atoms with van der Waals surface area (Å²) in [5.41, 5.74) is 2.55. The molecule has 0 radical (unpaired) electrons. The Morgan fingerprint density at radius 3 is 2.34 bits per heavy atom. The van der Waals surface area contributed by atoms with E-state index in [-0.39, 0.29) is 10.6 Å². The number of hydrogen-bond donors (Lipinski definition) is 0. The smallest absolute Gasteiger partial charge is 0.436 e. The van der Waals surface area contributed by atoms with Crippen molar-refractivity contribution in [1.82, 2.24) is 9.55 Å². The lowest BCUT2D eigenvalue weighted by atomic mass is 9.75. The van der Waals surface area contributed by atoms with E-state index in [1.807, 2.05) is 58.9 Å². The van der Waals surface area contributed by atoms with Gasteiger partial charge in [0.15, 0.2) is 19.4 Å². The minimum absolute atomic E-state index is 0.136. The van der Waals surface area contributed by atoms with Crippen molar-refractivity contribution in [3.8, 4) is 11.5 Å². The summed E-state index contributed by atoms with van der Waals surface area (Å²) < 4.78 is 26.6. The van der Waals surface area contributed by atoms with Crippen molar-refractivity contribution >= 4 is 32.0 Å². The fourth-order valence-electron chi connectivity index (χ4n) is 4.29. The normalized spacial score (nSPS) is 17.5. The predicted molar refractivity (Wildman–Crippen MR) is 157 cm³/mol. The average molecular weight is 539 g/mol. The van der Waals surface area contributed by atoms with E-state index in [1.54, 1.807) is 10.8 Å². The first-order valence-corrected chi connectivity index (χ1v) is 16.5. The van der Waals surface area contributed by atoms with Crippen LogP contribution in [0.25, 0.3) is 22.6 Å². The van der Waals surface area contributed by atoms with Crippen molar-refractivity contribution in [3.05, 3.63) is 46.4 Å². The maximum Gasteiger partial charge on any atom is 0.495 e. The molecule has 1 aromatic carbocycles. The second kappa shape index (κ2) is 10.1. The Hall–Kier alpha value is -2.20. The van der Waals surface area contributed by atoms with Crippen LogP contribution in [0, 0.1) is 6.92 Å². The first kappa shape index (κ1) is 28.8. The molecule has 4 rings (SSSR count). The van der Waals surface area contributed by atoms with Crippen molar-refractivity contribution in [3.63, 3.8) is 0 Å². The van der Waals surface area contributed by atoms with Crippen molar-refractivity contribution in [2.45, 2.75) is 104 Å². The third-order valence-corrected chi connectivity index (χ3v) is 13.2. The van der Waals surface area contributed by atoms with Crippen molar-refractivity contribution in [2.75, 3.05) is 6.61 Å². The molecule has 0 amide bonds. The molecule has 206 valence electrons. The number of oxazole rings is 1. The summed E-state index contributed by atoms with van der Waals surface area (Å²) in [7, 11) is -2.23. The molecule has 1 fully saturated rings. The summed E-state index contributed by atoms with van der Waals surface area (Å²) in [6.07, 6.45) is 3.56. The molecule has 1 saturated heterocycles. The van der Waals surface area contributed by atoms with Crippen molar-refractivity contribution in [2.24, 2.45) is 0 Å². The fraction of sp³-hybridized carbons (Fsp3) is 0.586. The van der Waals surface area contributed by atoms with Crippen LogP contribution in [-0.2, 0) is 20.3 Å². The molecule has 2 aromatic heterocycles. The summed E-state index contributed by atoms with van der Waals surface area (Å²) >= 11 is 0. The van der Waals surface area contributed by atoms with E-state index in [0.717, 1.165) is 36.0 Å². The Kier molecular flexibility index (Phi) is 7.64. The largest absolute Gasteiger partial charge is 0.495 e. The van der Waals surface area contributed by atoms with E-state index in [1.165, 1.54) is 0 Å². The minimum atomic E-state index is -1.75. The second-order valence-electron chi connectivity index (χ2n) is 13.0. The molecule has 0 bridgehead atoms. The topological polar surface area (TPSA) is 75.7 Å². The molecule has 0 saturated carbocycles. The molecular weight excluding hydrogens is 495 g/mol. The summed E-state index contributed by atoms with van der Waals surface area (Å²) in [6.45, 7) is 22.8. The maximum absolute atomic E-state index is 13.2. The van der Waals surface area contributed by atoms with Gasteiger partial charge in [-0.05, 0) is 88.8 Å². The van der Waals surface area contributed by atoms with E-state index in [9.17, 15) is 4.79 Å². The molecule has 0 unspecified atom stereocenters. The molecule has 3 aromatic rings. The fourth-order valence-corrected chi connectivity index (χ4v) is 5.38. The average Bonchev–Trinajstić information content (AvgIpc) is 3.32. The van der Waals surface area contributed by atoms with Crippen LogP contribution in [0.2, 0.25) is 18.1 Å². The van der Waals surface area contributed by atoms with Gasteiger partial charge in [0.2, 0.25) is 5.89 Å². The van der Waals surface area contributed by atoms with Crippen LogP contribution in [0.4, 0.5) is 0 Å². The number of hydrogen-bond acceptors (Lipinski definition) is 6. The van der Waals surface area contributed by atoms with E-state index in [2.05, 4.69) is 38.8 Å². The molecule has 0 aliphatic carbocycles. The molecule has 0 N–H and O–H groups in total. The van der Waals surface area contributed by atoms with Gasteiger partial charge < -0.3 is 22.7 Å². The zero-order valence-corrected chi connectivity index (χ0v) is 25.7. The molecular formula is C29H43BN2O5Si. The summed E-state index contributed by atoms with van der Waals surface area (Å²) in [5, 5.41) is 0.196. The van der Waals surface area contributed by atoms with Gasteiger partial charge in [0.1, 0.15) is 0 Å². The van der Waals surface area contributed by atoms with Crippen LogP contribution in [0.3, 0.4) is 0 Å². The highest BCUT2D eigenvalue weighted by Crippen LogP contribution is 2.38. The van der Waals surface area contributed by atoms with Crippen LogP contribution < -0.4 is 11.0 Å². The first-order valence-electron chi connectivity index (χ1n) is 13.6. The lowest BCUT2D eigenvalue weighted by Gasteiger charge is -2.36. The zero-order valence-electron chi connectivity index (χ0n) is 24.7. The zero-order chi connectivity index (χ0) is 28.1. The van der Waals surface area contributed by atoms with Gasteiger partial charge in [0, 0.05) is 24.9 Å². The van der Waals surface area contributed by atoms with Gasteiger partial charge in [-0.15, -0.1) is 0 Å². The van der Waals surface area contributed by atoms with Gasteiger partial charge in [-0.2, -0.15) is 0 Å². The summed E-state index contributed by atoms with van der Waals surface area (Å²) in [4.78, 5) is 17.8. The molecule has 1 aliphatic heterocycles. The standard InChI is InChI=1S/C29H43BN2O5Si/c1-20-21(14-13-15-22(20)30-36-28(5,6)29(7,8)37-30)25-31-24-23(35-25)16-18-32(26(24)33)17-11-12-19-34-38(9,10)27(2,3)4/h13-16,18H,11-12,17,19H2,1-10H3. The maximum atomic E-state index is 13.2. The number of nitrogens with zero attached hydrogens (tertiary/aromatic N) is 2. The van der Waals surface area contributed by atoms with Crippen molar-refractivity contribution < 1.29 is 18.2 Å². The van der Waals surface area contributed by atoms with Gasteiger partial charge in [-0.25, -0.2) is 4.98 Å². The Labute approximate surface area is 228 Å². The third-order valence-electron chi connectivity index (χ3n) is 8.70. The molecule has 7 nitrogen and oxygen atoms in total. The highest BCUT2D eigenvalue weighted by atomic mass is 28.4. The molecule has 9 heteroatoms. The van der Waals surface area contributed by atoms with Gasteiger partial charge in [0.25, 0.3) is 5.56 Å². The number of fused-ring (bicyclic) bond motifs is 1. The number of aryl methyl sites for hydroxylation is 1. The first-order chi connectivity index (χ1) is 17.5. The second-order valence-corrected chi connectivity index (χ2v) is 17.8. The van der Waals surface area contributed by atoms with E-state index in [0.29, 0.717) is 23.5 Å². The lowest BCUT2D eigenvalue weighted by Crippen LogP contribution is -2.41. The van der Waals surface area contributed by atoms with Crippen LogP contribution in [0.5, 0.6) is 0 Å². The van der Waals surface area contributed by atoms with Crippen LogP contribution in [-0.4, -0.2) is 42.8 Å². The third kappa shape index (κ3) is 5.44. The monoisotopic (exact) mass is 538 g/mol. The Bertz CT molecular complexity index is 1350. The van der Waals surface area contributed by atoms with Crippen molar-refractivity contribution in [1.29, 1.82) is 0 Å². The lowest BCUT2D eigenvalue weighted by molar-refractivity contribution is 0.00578. The number of rotatable bonds is 8. The van der Waals surface area contributed by atoms with E-state index in [4.69, 9.17) is 18.2 Å². The Morgan fingerprint density at radius 2 is 1.71 bits per heavy atom. The minimum Gasteiger partial charge on any atom is -0.436 e. The summed E-state index contributed by atoms with van der Waals surface area (Å²) in [6, 6.07) is 7.73. The highest BCUT2D eigenvalue weighted by molar-refractivity contribution is 6.74. The molecule has 1 aliphatic rings. The summed E-state index contributed by atoms with van der Waals surface area (Å²) in [5.74, 6) is 0.425. The SMILES string of the molecule is Cc1c(B2OC(C)(C)C(C)(C)O2)cccc1-c1nc2c(=O)n(CCCCO[Si](C)(C)C(C)(C)C)ccc2o1. The van der Waals surface area contributed by atoms with Crippen LogP contribution in [0.1, 0.15) is 66.9 Å². The highest BCUT2D eigenvalue weighted by Gasteiger charge is 2.52. The van der Waals surface area contributed by atoms with Gasteiger partial charge in [0.05, 0.1) is 11.2 Å².